The fourth-order valence-corrected chi connectivity index (χ4v) is 1.46. The summed E-state index contributed by atoms with van der Waals surface area (Å²) in [5.74, 6) is 0. The molecule has 0 aliphatic carbocycles. The Hall–Kier alpha value is -1.04. The molecule has 0 aliphatic heterocycles. The van der Waals surface area contributed by atoms with Crippen LogP contribution in [0.15, 0.2) is 12.3 Å². The lowest BCUT2D eigenvalue weighted by atomic mass is 9.98. The van der Waals surface area contributed by atoms with Gasteiger partial charge >= 0.3 is 0 Å². The Morgan fingerprint density at radius 2 is 2.15 bits per heavy atom. The van der Waals surface area contributed by atoms with Crippen LogP contribution in [-0.2, 0) is 10.0 Å². The second kappa shape index (κ2) is 3.37. The molecule has 0 aliphatic rings. The second-order valence-electron chi connectivity index (χ2n) is 2.78. The minimum absolute atomic E-state index is 0.419. The van der Waals surface area contributed by atoms with Gasteiger partial charge in [0.2, 0.25) is 10.0 Å². The van der Waals surface area contributed by atoms with Crippen LogP contribution in [-0.4, -0.2) is 27.5 Å². The number of sulfonamides is 1. The van der Waals surface area contributed by atoms with Crippen LogP contribution in [0, 0.1) is 6.92 Å². The Kier molecular flexibility index (Phi) is 2.61. The van der Waals surface area contributed by atoms with Gasteiger partial charge in [0.1, 0.15) is 7.85 Å². The Balaban J connectivity index is 3.08. The Morgan fingerprint density at radius 3 is 2.69 bits per heavy atom. The van der Waals surface area contributed by atoms with E-state index in [-0.39, 0.29) is 0 Å². The van der Waals surface area contributed by atoms with Crippen molar-refractivity contribution in [3.05, 3.63) is 18.0 Å². The molecule has 68 valence electrons. The van der Waals surface area contributed by atoms with Gasteiger partial charge in [0.15, 0.2) is 0 Å². The van der Waals surface area contributed by atoms with Gasteiger partial charge in [0.25, 0.3) is 0 Å². The van der Waals surface area contributed by atoms with Gasteiger partial charge < -0.3 is 0 Å². The highest BCUT2D eigenvalue weighted by Gasteiger charge is 2.04. The maximum absolute atomic E-state index is 10.9. The molecule has 4 nitrogen and oxygen atoms in total. The van der Waals surface area contributed by atoms with Crippen LogP contribution in [0.1, 0.15) is 5.69 Å². The van der Waals surface area contributed by atoms with E-state index >= 15 is 0 Å². The van der Waals surface area contributed by atoms with Crippen LogP contribution in [0.25, 0.3) is 0 Å². The number of anilines is 1. The van der Waals surface area contributed by atoms with E-state index < -0.39 is 10.0 Å². The van der Waals surface area contributed by atoms with E-state index in [1.807, 2.05) is 0 Å². The van der Waals surface area contributed by atoms with Crippen LogP contribution < -0.4 is 10.2 Å². The summed E-state index contributed by atoms with van der Waals surface area (Å²) in [6.07, 6.45) is 2.55. The number of rotatable bonds is 2. The first kappa shape index (κ1) is 10.0. The smallest absolute Gasteiger partial charge is 0.229 e. The van der Waals surface area contributed by atoms with E-state index in [1.54, 1.807) is 6.92 Å². The first-order valence-electron chi connectivity index (χ1n) is 3.58. The Labute approximate surface area is 78.8 Å². The maximum Gasteiger partial charge on any atom is 0.229 e. The van der Waals surface area contributed by atoms with E-state index in [2.05, 4.69) is 9.71 Å². The number of hydrogen-bond acceptors (Lipinski definition) is 3. The number of nitrogens with one attached hydrogen (secondary N) is 1. The molecule has 0 amide bonds. The van der Waals surface area contributed by atoms with E-state index in [9.17, 15) is 8.42 Å². The topological polar surface area (TPSA) is 59.1 Å². The number of nitrogens with zero attached hydrogens (tertiary/aromatic N) is 1. The molecule has 2 radical (unpaired) electrons. The van der Waals surface area contributed by atoms with Crippen molar-refractivity contribution in [2.24, 2.45) is 0 Å². The summed E-state index contributed by atoms with van der Waals surface area (Å²) in [6, 6.07) is 1.53. The summed E-state index contributed by atoms with van der Waals surface area (Å²) < 4.78 is 24.1. The molecule has 1 heterocycles. The van der Waals surface area contributed by atoms with Crippen LogP contribution >= 0.6 is 0 Å². The standard InChI is InChI=1S/C7H9BN2O2S/c1-5-7(10-13(2,11)12)3-6(8)4-9-5/h3-4,10H,1-2H3. The molecule has 0 bridgehead atoms. The van der Waals surface area contributed by atoms with Crippen molar-refractivity contribution in [3.63, 3.8) is 0 Å². The van der Waals surface area contributed by atoms with Crippen molar-refractivity contribution < 1.29 is 8.42 Å². The van der Waals surface area contributed by atoms with Crippen molar-refractivity contribution in [1.29, 1.82) is 0 Å². The normalized spacial score (nSPS) is 11.2. The molecule has 0 unspecified atom stereocenters. The molecule has 1 N–H and O–H groups in total. The maximum atomic E-state index is 10.9. The number of aromatic nitrogens is 1. The van der Waals surface area contributed by atoms with E-state index in [4.69, 9.17) is 7.85 Å². The Bertz CT molecular complexity index is 417. The quantitative estimate of drug-likeness (QED) is 0.652. The highest BCUT2D eigenvalue weighted by atomic mass is 32.2. The molecular formula is C7H9BN2O2S. The summed E-state index contributed by atoms with van der Waals surface area (Å²) in [6.45, 7) is 1.70. The molecule has 6 heteroatoms. The van der Waals surface area contributed by atoms with Gasteiger partial charge in [0, 0.05) is 6.20 Å². The average molecular weight is 196 g/mol. The van der Waals surface area contributed by atoms with Crippen LogP contribution in [0.2, 0.25) is 0 Å². The SMILES string of the molecule is [B]c1cnc(C)c(NS(C)(=O)=O)c1. The van der Waals surface area contributed by atoms with Crippen LogP contribution in [0.4, 0.5) is 5.69 Å². The first-order chi connectivity index (χ1) is 5.88. The largest absolute Gasteiger partial charge is 0.282 e. The van der Waals surface area contributed by atoms with Crippen molar-refractivity contribution >= 4 is 29.0 Å². The fraction of sp³-hybridized carbons (Fsp3) is 0.286. The number of aryl methyl sites for hydroxylation is 1. The van der Waals surface area contributed by atoms with Gasteiger partial charge in [0.05, 0.1) is 17.6 Å². The molecule has 0 saturated carbocycles. The van der Waals surface area contributed by atoms with Gasteiger partial charge in [-0.3, -0.25) is 9.71 Å². The van der Waals surface area contributed by atoms with Crippen molar-refractivity contribution in [2.45, 2.75) is 6.92 Å². The lowest BCUT2D eigenvalue weighted by Gasteiger charge is -2.07. The highest BCUT2D eigenvalue weighted by molar-refractivity contribution is 7.92. The average Bonchev–Trinajstić information content (AvgIpc) is 1.94. The summed E-state index contributed by atoms with van der Waals surface area (Å²) in [7, 11) is 2.19. The summed E-state index contributed by atoms with van der Waals surface area (Å²) in [4.78, 5) is 3.91. The van der Waals surface area contributed by atoms with Crippen LogP contribution in [0.5, 0.6) is 0 Å². The molecule has 1 aromatic heterocycles. The highest BCUT2D eigenvalue weighted by Crippen LogP contribution is 2.09. The van der Waals surface area contributed by atoms with E-state index in [0.29, 0.717) is 16.8 Å². The van der Waals surface area contributed by atoms with Crippen molar-refractivity contribution in [1.82, 2.24) is 4.98 Å². The van der Waals surface area contributed by atoms with Crippen LogP contribution in [0.3, 0.4) is 0 Å². The number of pyridine rings is 1. The molecule has 13 heavy (non-hydrogen) atoms. The van der Waals surface area contributed by atoms with Gasteiger partial charge in [-0.25, -0.2) is 8.42 Å². The zero-order valence-electron chi connectivity index (χ0n) is 7.40. The lowest BCUT2D eigenvalue weighted by molar-refractivity contribution is 0.606. The van der Waals surface area contributed by atoms with Gasteiger partial charge in [-0.05, 0) is 13.0 Å². The second-order valence-corrected chi connectivity index (χ2v) is 4.52. The summed E-state index contributed by atoms with van der Waals surface area (Å²) in [5.41, 5.74) is 1.44. The minimum atomic E-state index is -3.26. The van der Waals surface area contributed by atoms with Gasteiger partial charge in [-0.1, -0.05) is 5.46 Å². The predicted molar refractivity (Wildman–Crippen MR) is 52.8 cm³/mol. The van der Waals surface area contributed by atoms with Gasteiger partial charge in [-0.15, -0.1) is 0 Å². The summed E-state index contributed by atoms with van der Waals surface area (Å²) in [5, 5.41) is 0. The van der Waals surface area contributed by atoms with Crippen molar-refractivity contribution in [3.8, 4) is 0 Å². The van der Waals surface area contributed by atoms with Gasteiger partial charge in [-0.2, -0.15) is 0 Å². The fourth-order valence-electron chi connectivity index (χ4n) is 0.852. The Morgan fingerprint density at radius 1 is 1.54 bits per heavy atom. The molecular weight excluding hydrogens is 187 g/mol. The zero-order chi connectivity index (χ0) is 10.1. The molecule has 0 aromatic carbocycles. The molecule has 0 atom stereocenters. The third kappa shape index (κ3) is 3.06. The lowest BCUT2D eigenvalue weighted by Crippen LogP contribution is -2.14. The third-order valence-electron chi connectivity index (χ3n) is 1.40. The molecule has 0 spiro atoms. The molecule has 1 rings (SSSR count). The molecule has 0 saturated heterocycles. The minimum Gasteiger partial charge on any atom is -0.282 e. The summed E-state index contributed by atoms with van der Waals surface area (Å²) >= 11 is 0. The first-order valence-corrected chi connectivity index (χ1v) is 5.47. The van der Waals surface area contributed by atoms with E-state index in [1.165, 1.54) is 12.3 Å². The molecule has 0 fully saturated rings. The molecule has 1 aromatic rings. The van der Waals surface area contributed by atoms with E-state index in [0.717, 1.165) is 6.26 Å². The third-order valence-corrected chi connectivity index (χ3v) is 1.99. The number of hydrogen-bond donors (Lipinski definition) is 1. The predicted octanol–water partition coefficient (Wildman–Crippen LogP) is -0.445. The monoisotopic (exact) mass is 196 g/mol. The van der Waals surface area contributed by atoms with Crippen molar-refractivity contribution in [2.75, 3.05) is 11.0 Å². The zero-order valence-corrected chi connectivity index (χ0v) is 8.22.